The van der Waals surface area contributed by atoms with Gasteiger partial charge in [0.2, 0.25) is 0 Å². The lowest BCUT2D eigenvalue weighted by Gasteiger charge is -2.04. The first kappa shape index (κ1) is 9.95. The highest BCUT2D eigenvalue weighted by molar-refractivity contribution is 5.97. The fourth-order valence-corrected chi connectivity index (χ4v) is 2.10. The molecule has 4 N–H and O–H groups in total. The van der Waals surface area contributed by atoms with Gasteiger partial charge in [0.25, 0.3) is 0 Å². The number of hydrogen-bond acceptors (Lipinski definition) is 3. The van der Waals surface area contributed by atoms with Crippen LogP contribution in [0.25, 0.3) is 11.0 Å². The zero-order valence-corrected chi connectivity index (χ0v) is 8.93. The van der Waals surface area contributed by atoms with Gasteiger partial charge in [-0.3, -0.25) is 4.57 Å². The molecule has 0 saturated heterocycles. The molecule has 17 heavy (non-hydrogen) atoms. The fraction of sp³-hybridized carbons (Fsp3) is 0.273. The van der Waals surface area contributed by atoms with Crippen LogP contribution in [0.5, 0.6) is 0 Å². The molecule has 0 radical (unpaired) electrons. The van der Waals surface area contributed by atoms with Crippen LogP contribution in [0.4, 0.5) is 5.69 Å². The van der Waals surface area contributed by atoms with Crippen molar-refractivity contribution in [3.05, 3.63) is 28.2 Å². The Labute approximate surface area is 95.7 Å². The first-order chi connectivity index (χ1) is 8.08. The lowest BCUT2D eigenvalue weighted by molar-refractivity contribution is 0.0697. The molecule has 0 unspecified atom stereocenters. The smallest absolute Gasteiger partial charge is 0.335 e. The van der Waals surface area contributed by atoms with Crippen molar-refractivity contribution in [2.24, 2.45) is 0 Å². The molecule has 0 spiro atoms. The van der Waals surface area contributed by atoms with E-state index in [4.69, 9.17) is 10.8 Å². The number of aromatic carboxylic acids is 1. The fourth-order valence-electron chi connectivity index (χ4n) is 2.10. The number of anilines is 1. The van der Waals surface area contributed by atoms with Crippen molar-refractivity contribution in [2.75, 3.05) is 5.73 Å². The van der Waals surface area contributed by atoms with Gasteiger partial charge in [-0.25, -0.2) is 9.59 Å². The second-order valence-corrected chi connectivity index (χ2v) is 4.30. The van der Waals surface area contributed by atoms with E-state index < -0.39 is 5.97 Å². The van der Waals surface area contributed by atoms with Crippen LogP contribution in [0.3, 0.4) is 0 Å². The average molecular weight is 233 g/mol. The zero-order valence-electron chi connectivity index (χ0n) is 8.93. The van der Waals surface area contributed by atoms with E-state index >= 15 is 0 Å². The van der Waals surface area contributed by atoms with Crippen LogP contribution in [-0.2, 0) is 0 Å². The van der Waals surface area contributed by atoms with Crippen LogP contribution in [0, 0.1) is 0 Å². The lowest BCUT2D eigenvalue weighted by Crippen LogP contribution is -2.15. The molecule has 3 rings (SSSR count). The minimum Gasteiger partial charge on any atom is -0.478 e. The number of aromatic amines is 1. The number of H-pyrrole nitrogens is 1. The number of imidazole rings is 1. The van der Waals surface area contributed by atoms with Crippen molar-refractivity contribution in [1.29, 1.82) is 0 Å². The maximum atomic E-state index is 11.8. The SMILES string of the molecule is Nc1cc(C(=O)O)cc2[nH]c(=O)n(C3CC3)c12. The standard InChI is InChI=1S/C11H11N3O3/c12-7-3-5(10(15)16)4-8-9(7)14(6-1-2-6)11(17)13-8/h3-4,6H,1-2,12H2,(H,13,17)(H,15,16). The Balaban J connectivity index is 2.35. The molecule has 1 aromatic carbocycles. The summed E-state index contributed by atoms with van der Waals surface area (Å²) in [5.74, 6) is -1.06. The maximum Gasteiger partial charge on any atom is 0.335 e. The molecular formula is C11H11N3O3. The summed E-state index contributed by atoms with van der Waals surface area (Å²) >= 11 is 0. The molecule has 1 heterocycles. The number of fused-ring (bicyclic) bond motifs is 1. The molecule has 1 aliphatic carbocycles. The summed E-state index contributed by atoms with van der Waals surface area (Å²) in [5.41, 5.74) is 7.11. The average Bonchev–Trinajstić information content (AvgIpc) is 3.01. The summed E-state index contributed by atoms with van der Waals surface area (Å²) in [7, 11) is 0. The molecule has 0 bridgehead atoms. The predicted octanol–water partition coefficient (Wildman–Crippen LogP) is 0.945. The molecule has 1 fully saturated rings. The van der Waals surface area contributed by atoms with Gasteiger partial charge in [-0.2, -0.15) is 0 Å². The number of rotatable bonds is 2. The van der Waals surface area contributed by atoms with Gasteiger partial charge < -0.3 is 15.8 Å². The third-order valence-corrected chi connectivity index (χ3v) is 3.00. The highest BCUT2D eigenvalue weighted by Crippen LogP contribution is 2.37. The van der Waals surface area contributed by atoms with E-state index in [0.29, 0.717) is 16.7 Å². The van der Waals surface area contributed by atoms with Gasteiger partial charge >= 0.3 is 11.7 Å². The van der Waals surface area contributed by atoms with E-state index in [1.54, 1.807) is 4.57 Å². The normalized spacial score (nSPS) is 15.3. The van der Waals surface area contributed by atoms with Gasteiger partial charge in [-0.1, -0.05) is 0 Å². The Bertz CT molecular complexity index is 679. The van der Waals surface area contributed by atoms with Crippen LogP contribution in [-0.4, -0.2) is 20.6 Å². The molecular weight excluding hydrogens is 222 g/mol. The van der Waals surface area contributed by atoms with E-state index in [2.05, 4.69) is 4.98 Å². The Morgan fingerprint density at radius 1 is 1.47 bits per heavy atom. The number of carbonyl (C=O) groups is 1. The topological polar surface area (TPSA) is 101 Å². The van der Waals surface area contributed by atoms with Gasteiger partial charge in [-0.15, -0.1) is 0 Å². The van der Waals surface area contributed by atoms with Gasteiger partial charge in [0.1, 0.15) is 0 Å². The third-order valence-electron chi connectivity index (χ3n) is 3.00. The minimum absolute atomic E-state index is 0.0826. The number of carboxylic acid groups (broad SMARTS) is 1. The van der Waals surface area contributed by atoms with Crippen LogP contribution in [0.15, 0.2) is 16.9 Å². The van der Waals surface area contributed by atoms with E-state index in [9.17, 15) is 9.59 Å². The number of aromatic nitrogens is 2. The number of nitrogens with zero attached hydrogens (tertiary/aromatic N) is 1. The molecule has 1 saturated carbocycles. The first-order valence-corrected chi connectivity index (χ1v) is 5.35. The lowest BCUT2D eigenvalue weighted by atomic mass is 10.1. The number of carboxylic acids is 1. The van der Waals surface area contributed by atoms with Gasteiger partial charge in [0, 0.05) is 6.04 Å². The van der Waals surface area contributed by atoms with Crippen molar-refractivity contribution in [3.63, 3.8) is 0 Å². The number of benzene rings is 1. The van der Waals surface area contributed by atoms with Crippen LogP contribution in [0.2, 0.25) is 0 Å². The molecule has 0 atom stereocenters. The highest BCUT2D eigenvalue weighted by Gasteiger charge is 2.28. The van der Waals surface area contributed by atoms with Crippen LogP contribution in [0.1, 0.15) is 29.2 Å². The molecule has 1 aromatic heterocycles. The van der Waals surface area contributed by atoms with Gasteiger partial charge in [0.15, 0.2) is 0 Å². The molecule has 2 aromatic rings. The van der Waals surface area contributed by atoms with E-state index in [0.717, 1.165) is 12.8 Å². The minimum atomic E-state index is -1.06. The third kappa shape index (κ3) is 1.41. The van der Waals surface area contributed by atoms with E-state index in [-0.39, 0.29) is 17.3 Å². The van der Waals surface area contributed by atoms with Crippen molar-refractivity contribution < 1.29 is 9.90 Å². The Kier molecular flexibility index (Phi) is 1.83. The Morgan fingerprint density at radius 3 is 2.76 bits per heavy atom. The van der Waals surface area contributed by atoms with Crippen LogP contribution >= 0.6 is 0 Å². The Hall–Kier alpha value is -2.24. The predicted molar refractivity (Wildman–Crippen MR) is 62.2 cm³/mol. The molecule has 0 amide bonds. The van der Waals surface area contributed by atoms with E-state index in [1.807, 2.05) is 0 Å². The second kappa shape index (κ2) is 3.13. The van der Waals surface area contributed by atoms with Crippen LogP contribution < -0.4 is 11.4 Å². The zero-order chi connectivity index (χ0) is 12.2. The van der Waals surface area contributed by atoms with E-state index in [1.165, 1.54) is 12.1 Å². The van der Waals surface area contributed by atoms with Crippen molar-refractivity contribution in [3.8, 4) is 0 Å². The number of nitrogen functional groups attached to an aromatic ring is 1. The molecule has 6 heteroatoms. The summed E-state index contributed by atoms with van der Waals surface area (Å²) in [4.78, 5) is 25.3. The summed E-state index contributed by atoms with van der Waals surface area (Å²) in [6.45, 7) is 0. The summed E-state index contributed by atoms with van der Waals surface area (Å²) in [6, 6.07) is 3.03. The molecule has 1 aliphatic rings. The van der Waals surface area contributed by atoms with Crippen molar-refractivity contribution in [2.45, 2.75) is 18.9 Å². The molecule has 88 valence electrons. The quantitative estimate of drug-likeness (QED) is 0.672. The Morgan fingerprint density at radius 2 is 2.18 bits per heavy atom. The van der Waals surface area contributed by atoms with Gasteiger partial charge in [0.05, 0.1) is 22.3 Å². The summed E-state index contributed by atoms with van der Waals surface area (Å²) < 4.78 is 1.62. The van der Waals surface area contributed by atoms with Crippen molar-refractivity contribution >= 4 is 22.7 Å². The van der Waals surface area contributed by atoms with Gasteiger partial charge in [-0.05, 0) is 25.0 Å². The summed E-state index contributed by atoms with van der Waals surface area (Å²) in [5, 5.41) is 8.91. The highest BCUT2D eigenvalue weighted by atomic mass is 16.4. The second-order valence-electron chi connectivity index (χ2n) is 4.30. The number of hydrogen-bond donors (Lipinski definition) is 3. The summed E-state index contributed by atoms with van der Waals surface area (Å²) in [6.07, 6.45) is 1.93. The monoisotopic (exact) mass is 233 g/mol. The number of nitrogens with one attached hydrogen (secondary N) is 1. The first-order valence-electron chi connectivity index (χ1n) is 5.35. The molecule has 0 aliphatic heterocycles. The maximum absolute atomic E-state index is 11.8. The largest absolute Gasteiger partial charge is 0.478 e. The number of nitrogens with two attached hydrogens (primary N) is 1. The van der Waals surface area contributed by atoms with Crippen molar-refractivity contribution in [1.82, 2.24) is 9.55 Å². The molecule has 6 nitrogen and oxygen atoms in total.